The largest absolute Gasteiger partial charge is 0.235 e. The maximum Gasteiger partial charge on any atom is 0.0324 e. The zero-order valence-corrected chi connectivity index (χ0v) is 5.72. The first-order chi connectivity index (χ1) is 3.00. The van der Waals surface area contributed by atoms with Crippen molar-refractivity contribution in [1.29, 1.82) is 4.78 Å². The van der Waals surface area contributed by atoms with Gasteiger partial charge in [0.2, 0.25) is 0 Å². The van der Waals surface area contributed by atoms with Crippen molar-refractivity contribution in [2.45, 2.75) is 27.7 Å². The average Bonchev–Trinajstić information content (AvgIpc) is 1.81. The minimum Gasteiger partial charge on any atom is -0.235 e. The normalized spacial score (nSPS) is 2.67. The minimum absolute atomic E-state index is 2.00. The maximum atomic E-state index is 5.33. The van der Waals surface area contributed by atoms with Gasteiger partial charge in [0, 0.05) is 12.4 Å². The van der Waals surface area contributed by atoms with Gasteiger partial charge < -0.3 is 0 Å². The molecule has 0 aliphatic carbocycles. The molecular formula is C4H13NS. The van der Waals surface area contributed by atoms with Crippen molar-refractivity contribution in [1.82, 2.24) is 0 Å². The molecule has 0 atom stereocenters. The fraction of sp³-hybridized carbons (Fsp3) is 1.00. The smallest absolute Gasteiger partial charge is 0.0324 e. The predicted octanol–water partition coefficient (Wildman–Crippen LogP) is 2.35. The highest BCUT2D eigenvalue weighted by atomic mass is 32.1. The molecule has 0 saturated carbocycles. The van der Waals surface area contributed by atoms with Crippen molar-refractivity contribution >= 4 is 12.4 Å². The highest BCUT2D eigenvalue weighted by Gasteiger charge is 0.934. The lowest BCUT2D eigenvalue weighted by Crippen LogP contribution is -0.856. The molecule has 0 radical (unpaired) electrons. The number of rotatable bonds is 0. The molecule has 2 heteroatoms. The molecule has 1 N–H and O–H groups in total. The van der Waals surface area contributed by atoms with Crippen LogP contribution in [0.2, 0.25) is 0 Å². The molecule has 0 heterocycles. The van der Waals surface area contributed by atoms with E-state index in [0.717, 1.165) is 0 Å². The number of hydrogen-bond donors (Lipinski definition) is 1. The van der Waals surface area contributed by atoms with Crippen molar-refractivity contribution in [3.63, 3.8) is 0 Å². The van der Waals surface area contributed by atoms with E-state index in [1.54, 1.807) is 0 Å². The molecule has 0 aromatic rings. The van der Waals surface area contributed by atoms with Crippen LogP contribution in [0.5, 0.6) is 0 Å². The van der Waals surface area contributed by atoms with Gasteiger partial charge in [-0.2, -0.15) is 0 Å². The summed E-state index contributed by atoms with van der Waals surface area (Å²) in [6.07, 6.45) is 0. The van der Waals surface area contributed by atoms with Crippen LogP contribution in [0.25, 0.3) is 0 Å². The second kappa shape index (κ2) is 203000. The molecule has 6 heavy (non-hydrogen) atoms. The summed E-state index contributed by atoms with van der Waals surface area (Å²) < 4.78 is 5.33. The molecule has 0 amide bonds. The molecule has 0 rings (SSSR count). The first-order valence-electron chi connectivity index (χ1n) is 2.20. The van der Waals surface area contributed by atoms with Gasteiger partial charge in [-0.3, -0.25) is 0 Å². The van der Waals surface area contributed by atoms with Gasteiger partial charge in [0.25, 0.3) is 0 Å². The van der Waals surface area contributed by atoms with E-state index in [-0.39, 0.29) is 0 Å². The fourth-order valence-corrected chi connectivity index (χ4v) is 0. The molecule has 0 bridgehead atoms. The second-order valence-electron chi connectivity index (χ2n) is 0. The summed E-state index contributed by atoms with van der Waals surface area (Å²) in [4.78, 5) is 0. The summed E-state index contributed by atoms with van der Waals surface area (Å²) in [5.41, 5.74) is 0. The molecule has 0 spiro atoms. The van der Waals surface area contributed by atoms with Gasteiger partial charge in [0.1, 0.15) is 0 Å². The Morgan fingerprint density at radius 3 is 0.833 bits per heavy atom. The first-order valence-corrected chi connectivity index (χ1v) is 2.61. The van der Waals surface area contributed by atoms with Gasteiger partial charge in [-0.05, 0) is 0 Å². The van der Waals surface area contributed by atoms with Crippen molar-refractivity contribution in [2.24, 2.45) is 0 Å². The summed E-state index contributed by atoms with van der Waals surface area (Å²) in [5, 5.41) is 0. The van der Waals surface area contributed by atoms with E-state index < -0.39 is 0 Å². The zero-order valence-electron chi connectivity index (χ0n) is 4.91. The quantitative estimate of drug-likeness (QED) is 0.504. The Balaban J connectivity index is -0.0000000225. The third-order valence-electron chi connectivity index (χ3n) is 0. The molecule has 0 aromatic heterocycles. The average molecular weight is 107 g/mol. The third-order valence-corrected chi connectivity index (χ3v) is 0. The SMILES string of the molecule is CC.CC.N=S. The summed E-state index contributed by atoms with van der Waals surface area (Å²) in [7, 11) is 0. The summed E-state index contributed by atoms with van der Waals surface area (Å²) in [6, 6.07) is 0. The molecule has 0 saturated heterocycles. The molecule has 40 valence electrons. The Labute approximate surface area is 45.7 Å². The van der Waals surface area contributed by atoms with Gasteiger partial charge >= 0.3 is 0 Å². The van der Waals surface area contributed by atoms with Crippen LogP contribution in [0.15, 0.2) is 0 Å². The lowest BCUT2D eigenvalue weighted by molar-refractivity contribution is 1.50. The molecule has 1 nitrogen and oxygen atoms in total. The highest BCUT2D eigenvalue weighted by Crippen LogP contribution is 1.15. The summed E-state index contributed by atoms with van der Waals surface area (Å²) in [6.45, 7) is 8.00. The Kier molecular flexibility index (Phi) is 562000. The lowest BCUT2D eigenvalue weighted by atomic mass is 11.0. The van der Waals surface area contributed by atoms with E-state index >= 15 is 0 Å². The van der Waals surface area contributed by atoms with E-state index in [0.29, 0.717) is 0 Å². The highest BCUT2D eigenvalue weighted by molar-refractivity contribution is 7.45. The predicted molar refractivity (Wildman–Crippen MR) is 32.8 cm³/mol. The Morgan fingerprint density at radius 2 is 0.833 bits per heavy atom. The van der Waals surface area contributed by atoms with E-state index in [1.807, 2.05) is 27.7 Å². The third kappa shape index (κ3) is 91700. The Morgan fingerprint density at radius 1 is 0.833 bits per heavy atom. The lowest BCUT2D eigenvalue weighted by Gasteiger charge is -1.07. The van der Waals surface area contributed by atoms with Gasteiger partial charge in [0.15, 0.2) is 0 Å². The van der Waals surface area contributed by atoms with Crippen LogP contribution in [-0.2, 0) is 12.4 Å². The van der Waals surface area contributed by atoms with E-state index in [2.05, 4.69) is 12.4 Å². The van der Waals surface area contributed by atoms with Crippen molar-refractivity contribution in [3.05, 3.63) is 0 Å². The van der Waals surface area contributed by atoms with Crippen LogP contribution in [-0.4, -0.2) is 0 Å². The topological polar surface area (TPSA) is 23.9 Å². The van der Waals surface area contributed by atoms with E-state index in [1.165, 1.54) is 0 Å². The van der Waals surface area contributed by atoms with Crippen LogP contribution in [0.3, 0.4) is 0 Å². The molecule has 0 aliphatic rings. The summed E-state index contributed by atoms with van der Waals surface area (Å²) in [5.74, 6) is 0. The van der Waals surface area contributed by atoms with Gasteiger partial charge in [0.05, 0.1) is 0 Å². The second-order valence-corrected chi connectivity index (χ2v) is 0. The van der Waals surface area contributed by atoms with Crippen molar-refractivity contribution in [3.8, 4) is 0 Å². The number of nitrogens with one attached hydrogen (secondary N) is 1. The Bertz CT molecular complexity index is 7.51. The van der Waals surface area contributed by atoms with Gasteiger partial charge in [-0.1, -0.05) is 27.7 Å². The molecule has 0 aliphatic heterocycles. The molecule has 0 fully saturated rings. The zero-order chi connectivity index (χ0) is 6.00. The van der Waals surface area contributed by atoms with Crippen LogP contribution in [0.1, 0.15) is 27.7 Å². The molecule has 0 unspecified atom stereocenters. The van der Waals surface area contributed by atoms with Crippen LogP contribution < -0.4 is 0 Å². The fourth-order valence-electron chi connectivity index (χ4n) is 0. The maximum absolute atomic E-state index is 5.33. The van der Waals surface area contributed by atoms with E-state index in [4.69, 9.17) is 4.78 Å². The minimum atomic E-state index is 2.00. The number of hydrogen-bond acceptors (Lipinski definition) is 2. The summed E-state index contributed by atoms with van der Waals surface area (Å²) >= 11 is 3.33. The van der Waals surface area contributed by atoms with Gasteiger partial charge in [-0.15, -0.1) is 0 Å². The first kappa shape index (κ1) is 16.6. The van der Waals surface area contributed by atoms with Gasteiger partial charge in [-0.25, -0.2) is 4.78 Å². The molecular weight excluding hydrogens is 94.1 g/mol. The van der Waals surface area contributed by atoms with Crippen LogP contribution in [0, 0.1) is 4.78 Å². The van der Waals surface area contributed by atoms with E-state index in [9.17, 15) is 0 Å². The van der Waals surface area contributed by atoms with Crippen molar-refractivity contribution < 1.29 is 0 Å². The Hall–Kier alpha value is 0.0200. The van der Waals surface area contributed by atoms with Crippen molar-refractivity contribution in [2.75, 3.05) is 0 Å². The van der Waals surface area contributed by atoms with Crippen LogP contribution in [0.4, 0.5) is 0 Å². The van der Waals surface area contributed by atoms with Crippen LogP contribution >= 0.6 is 0 Å². The monoisotopic (exact) mass is 107 g/mol. The standard InChI is InChI=1S/2C2H6.HNS/c3*1-2/h2*1-2H3;1H. The molecule has 0 aromatic carbocycles.